The molecule has 4 rings (SSSR count). The van der Waals surface area contributed by atoms with E-state index in [0.29, 0.717) is 0 Å². The van der Waals surface area contributed by atoms with Gasteiger partial charge >= 0.3 is 7.12 Å². The first kappa shape index (κ1) is 19.7. The topological polar surface area (TPSA) is 27.7 Å². The molecule has 0 spiro atoms. The van der Waals surface area contributed by atoms with Gasteiger partial charge in [-0.05, 0) is 45.2 Å². The maximum Gasteiger partial charge on any atom is 0.467 e. The third kappa shape index (κ3) is 2.94. The average molecular weight is 378 g/mol. The quantitative estimate of drug-likeness (QED) is 0.635. The Labute approximate surface area is 169 Å². The Hall–Kier alpha value is -1.62. The summed E-state index contributed by atoms with van der Waals surface area (Å²) in [4.78, 5) is 0. The van der Waals surface area contributed by atoms with Gasteiger partial charge in [0, 0.05) is 0 Å². The summed E-state index contributed by atoms with van der Waals surface area (Å²) in [6.45, 7) is 10.7. The largest absolute Gasteiger partial charge is 0.467 e. The molecule has 2 saturated heterocycles. The molecule has 0 saturated carbocycles. The molecule has 3 nitrogen and oxygen atoms in total. The van der Waals surface area contributed by atoms with Gasteiger partial charge < -0.3 is 14.0 Å². The van der Waals surface area contributed by atoms with Gasteiger partial charge in [-0.1, -0.05) is 74.0 Å². The highest BCUT2D eigenvalue weighted by atomic mass is 16.7. The maximum atomic E-state index is 6.74. The van der Waals surface area contributed by atoms with Crippen LogP contribution in [0, 0.1) is 0 Å². The maximum absolute atomic E-state index is 6.74. The monoisotopic (exact) mass is 378 g/mol. The van der Waals surface area contributed by atoms with Crippen LogP contribution in [-0.2, 0) is 19.6 Å². The predicted molar refractivity (Wildman–Crippen MR) is 113 cm³/mol. The highest BCUT2D eigenvalue weighted by Gasteiger charge is 2.67. The summed E-state index contributed by atoms with van der Waals surface area (Å²) in [5.74, 6) is 0.0956. The Kier molecular flexibility index (Phi) is 4.93. The summed E-state index contributed by atoms with van der Waals surface area (Å²) >= 11 is 0. The van der Waals surface area contributed by atoms with E-state index in [0.717, 1.165) is 24.0 Å². The van der Waals surface area contributed by atoms with Gasteiger partial charge in [0.05, 0.1) is 23.1 Å². The van der Waals surface area contributed by atoms with Crippen LogP contribution in [0.3, 0.4) is 0 Å². The van der Waals surface area contributed by atoms with Gasteiger partial charge in [-0.15, -0.1) is 0 Å². The highest BCUT2D eigenvalue weighted by Crippen LogP contribution is 2.60. The third-order valence-electron chi connectivity index (χ3n) is 6.75. The van der Waals surface area contributed by atoms with Crippen LogP contribution in [-0.4, -0.2) is 24.4 Å². The molecule has 0 amide bonds. The van der Waals surface area contributed by atoms with Crippen molar-refractivity contribution in [1.29, 1.82) is 0 Å². The molecule has 0 aromatic heterocycles. The lowest BCUT2D eigenvalue weighted by molar-refractivity contribution is -0.197. The second-order valence-electron chi connectivity index (χ2n) is 9.06. The van der Waals surface area contributed by atoms with Gasteiger partial charge in [-0.25, -0.2) is 0 Å². The standard InChI is InChI=1S/C24H31BO3/c1-6-13-20-21(25-27-22(2,3)23(4,5)28-25)24(26-20,18-14-9-7-10-15-18)19-16-11-8-12-17-19/h7-12,14-17,20-21H,6,13H2,1-5H3/t20-,21+/m1/s1. The fourth-order valence-corrected chi connectivity index (χ4v) is 4.56. The first-order chi connectivity index (χ1) is 13.3. The molecule has 0 unspecified atom stereocenters. The molecule has 0 radical (unpaired) electrons. The zero-order valence-corrected chi connectivity index (χ0v) is 17.6. The molecule has 2 aliphatic rings. The van der Waals surface area contributed by atoms with E-state index in [9.17, 15) is 0 Å². The zero-order chi connectivity index (χ0) is 20.0. The first-order valence-electron chi connectivity index (χ1n) is 10.5. The third-order valence-corrected chi connectivity index (χ3v) is 6.75. The van der Waals surface area contributed by atoms with E-state index in [2.05, 4.69) is 83.1 Å². The minimum absolute atomic E-state index is 0.0956. The summed E-state index contributed by atoms with van der Waals surface area (Å²) < 4.78 is 19.8. The Bertz CT molecular complexity index is 748. The molecule has 0 aliphatic carbocycles. The molecular weight excluding hydrogens is 347 g/mol. The van der Waals surface area contributed by atoms with Crippen LogP contribution in [0.15, 0.2) is 60.7 Å². The Morgan fingerprint density at radius 3 is 1.68 bits per heavy atom. The molecule has 0 N–H and O–H groups in total. The van der Waals surface area contributed by atoms with Crippen molar-refractivity contribution in [2.24, 2.45) is 0 Å². The lowest BCUT2D eigenvalue weighted by atomic mass is 9.51. The van der Waals surface area contributed by atoms with Crippen molar-refractivity contribution in [3.63, 3.8) is 0 Å². The molecule has 2 aromatic rings. The molecule has 2 aliphatic heterocycles. The zero-order valence-electron chi connectivity index (χ0n) is 17.6. The van der Waals surface area contributed by atoms with Crippen molar-refractivity contribution < 1.29 is 14.0 Å². The first-order valence-corrected chi connectivity index (χ1v) is 10.5. The molecular formula is C24H31BO3. The Balaban J connectivity index is 1.82. The summed E-state index contributed by atoms with van der Waals surface area (Å²) in [5, 5.41) is 0. The fourth-order valence-electron chi connectivity index (χ4n) is 4.56. The number of hydrogen-bond donors (Lipinski definition) is 0. The molecule has 0 bridgehead atoms. The summed E-state index contributed by atoms with van der Waals surface area (Å²) in [5.41, 5.74) is 1.05. The lowest BCUT2D eigenvalue weighted by Gasteiger charge is -2.56. The van der Waals surface area contributed by atoms with Gasteiger partial charge in [0.2, 0.25) is 0 Å². The molecule has 2 atom stereocenters. The molecule has 2 fully saturated rings. The van der Waals surface area contributed by atoms with Crippen LogP contribution in [0.1, 0.15) is 58.6 Å². The van der Waals surface area contributed by atoms with E-state index >= 15 is 0 Å². The van der Waals surface area contributed by atoms with Crippen LogP contribution >= 0.6 is 0 Å². The van der Waals surface area contributed by atoms with Crippen molar-refractivity contribution in [1.82, 2.24) is 0 Å². The average Bonchev–Trinajstić information content (AvgIpc) is 2.86. The van der Waals surface area contributed by atoms with E-state index in [1.807, 2.05) is 12.1 Å². The van der Waals surface area contributed by atoms with Crippen molar-refractivity contribution in [2.75, 3.05) is 0 Å². The van der Waals surface area contributed by atoms with E-state index in [4.69, 9.17) is 14.0 Å². The SMILES string of the molecule is CCC[C@H]1OC(c2ccccc2)(c2ccccc2)[C@H]1B1OC(C)(C)C(C)(C)O1. The minimum atomic E-state index is -0.552. The van der Waals surface area contributed by atoms with E-state index in [1.165, 1.54) is 0 Å². The van der Waals surface area contributed by atoms with Crippen LogP contribution in [0.2, 0.25) is 5.82 Å². The number of rotatable bonds is 5. The number of ether oxygens (including phenoxy) is 1. The van der Waals surface area contributed by atoms with Crippen LogP contribution < -0.4 is 0 Å². The van der Waals surface area contributed by atoms with Crippen molar-refractivity contribution >= 4 is 7.12 Å². The molecule has 28 heavy (non-hydrogen) atoms. The van der Waals surface area contributed by atoms with Crippen LogP contribution in [0.5, 0.6) is 0 Å². The van der Waals surface area contributed by atoms with Crippen molar-refractivity contribution in [2.45, 2.75) is 76.2 Å². The highest BCUT2D eigenvalue weighted by molar-refractivity contribution is 6.48. The van der Waals surface area contributed by atoms with Gasteiger partial charge in [-0.2, -0.15) is 0 Å². The van der Waals surface area contributed by atoms with Crippen molar-refractivity contribution in [3.05, 3.63) is 71.8 Å². The fraction of sp³-hybridized carbons (Fsp3) is 0.500. The summed E-state index contributed by atoms with van der Waals surface area (Å²) in [7, 11) is -0.310. The number of hydrogen-bond acceptors (Lipinski definition) is 3. The van der Waals surface area contributed by atoms with E-state index in [1.54, 1.807) is 0 Å². The second kappa shape index (κ2) is 7.02. The normalized spacial score (nSPS) is 27.4. The molecule has 148 valence electrons. The van der Waals surface area contributed by atoms with Crippen LogP contribution in [0.25, 0.3) is 0 Å². The molecule has 2 heterocycles. The van der Waals surface area contributed by atoms with Gasteiger partial charge in [0.15, 0.2) is 0 Å². The lowest BCUT2D eigenvalue weighted by Crippen LogP contribution is -2.60. The smallest absolute Gasteiger partial charge is 0.403 e. The molecule has 4 heteroatoms. The summed E-state index contributed by atoms with van der Waals surface area (Å²) in [6.07, 6.45) is 2.18. The van der Waals surface area contributed by atoms with E-state index < -0.39 is 5.60 Å². The predicted octanol–water partition coefficient (Wildman–Crippen LogP) is 5.59. The number of benzene rings is 2. The van der Waals surface area contributed by atoms with E-state index in [-0.39, 0.29) is 30.2 Å². The second-order valence-corrected chi connectivity index (χ2v) is 9.06. The molecule has 2 aromatic carbocycles. The Morgan fingerprint density at radius 2 is 1.25 bits per heavy atom. The minimum Gasteiger partial charge on any atom is -0.403 e. The van der Waals surface area contributed by atoms with Crippen molar-refractivity contribution in [3.8, 4) is 0 Å². The Morgan fingerprint density at radius 1 is 0.786 bits per heavy atom. The van der Waals surface area contributed by atoms with Gasteiger partial charge in [0.1, 0.15) is 5.60 Å². The summed E-state index contributed by atoms with van der Waals surface area (Å²) in [6, 6.07) is 21.1. The van der Waals surface area contributed by atoms with Gasteiger partial charge in [0.25, 0.3) is 0 Å². The van der Waals surface area contributed by atoms with Crippen LogP contribution in [0.4, 0.5) is 0 Å². The van der Waals surface area contributed by atoms with Gasteiger partial charge in [-0.3, -0.25) is 0 Å².